The minimum Gasteiger partial charge on any atom is -0.345 e. The summed E-state index contributed by atoms with van der Waals surface area (Å²) in [4.78, 5) is 25.4. The lowest BCUT2D eigenvalue weighted by Crippen LogP contribution is -2.28. The van der Waals surface area contributed by atoms with E-state index in [0.717, 1.165) is 11.1 Å². The highest BCUT2D eigenvalue weighted by molar-refractivity contribution is 7.94. The molecule has 11 heteroatoms. The van der Waals surface area contributed by atoms with Crippen LogP contribution in [0.25, 0.3) is 0 Å². The molecule has 3 aromatic carbocycles. The van der Waals surface area contributed by atoms with Crippen LogP contribution in [0.5, 0.6) is 0 Å². The fourth-order valence-corrected chi connectivity index (χ4v) is 5.36. The first-order valence-electron chi connectivity index (χ1n) is 10.9. The van der Waals surface area contributed by atoms with Gasteiger partial charge in [0.15, 0.2) is 0 Å². The molecule has 1 aromatic heterocycles. The van der Waals surface area contributed by atoms with E-state index in [1.807, 2.05) is 50.2 Å². The summed E-state index contributed by atoms with van der Waals surface area (Å²) in [5.74, 6) is -0.866. The van der Waals surface area contributed by atoms with Gasteiger partial charge in [-0.25, -0.2) is 0 Å². The molecule has 0 fully saturated rings. The second-order valence-corrected chi connectivity index (χ2v) is 10.8. The average molecular weight is 522 g/mol. The predicted octanol–water partition coefficient (Wildman–Crippen LogP) is 4.39. The molecule has 0 aliphatic carbocycles. The number of rotatable bonds is 8. The summed E-state index contributed by atoms with van der Waals surface area (Å²) in [5, 5.41) is 13.0. The molecule has 0 saturated carbocycles. The molecule has 184 valence electrons. The van der Waals surface area contributed by atoms with Crippen LogP contribution in [-0.4, -0.2) is 30.4 Å². The molecule has 9 nitrogen and oxygen atoms in total. The van der Waals surface area contributed by atoms with Crippen LogP contribution in [0.4, 0.5) is 10.8 Å². The fraction of sp³-hybridized carbons (Fsp3) is 0.120. The van der Waals surface area contributed by atoms with Gasteiger partial charge < -0.3 is 5.32 Å². The second kappa shape index (κ2) is 10.7. The largest absolute Gasteiger partial charge is 0.345 e. The number of nitrogens with zero attached hydrogens (tertiary/aromatic N) is 2. The number of para-hydroxylation sites is 1. The van der Waals surface area contributed by atoms with Gasteiger partial charge >= 0.3 is 0 Å². The highest BCUT2D eigenvalue weighted by Crippen LogP contribution is 2.25. The number of amides is 2. The Hall–Kier alpha value is -4.09. The van der Waals surface area contributed by atoms with E-state index in [0.29, 0.717) is 16.9 Å². The minimum atomic E-state index is -4.17. The maximum absolute atomic E-state index is 13.0. The van der Waals surface area contributed by atoms with Gasteiger partial charge in [0.25, 0.3) is 26.2 Å². The van der Waals surface area contributed by atoms with Crippen molar-refractivity contribution in [3.8, 4) is 0 Å². The lowest BCUT2D eigenvalue weighted by atomic mass is 10.1. The van der Waals surface area contributed by atoms with Gasteiger partial charge in [-0.05, 0) is 43.7 Å². The summed E-state index contributed by atoms with van der Waals surface area (Å²) < 4.78 is 28.0. The zero-order valence-corrected chi connectivity index (χ0v) is 21.1. The van der Waals surface area contributed by atoms with Crippen molar-refractivity contribution in [3.05, 3.63) is 101 Å². The summed E-state index contributed by atoms with van der Waals surface area (Å²) in [6, 6.07) is 22.4. The van der Waals surface area contributed by atoms with Crippen molar-refractivity contribution in [3.63, 3.8) is 0 Å². The van der Waals surface area contributed by atoms with Gasteiger partial charge in [0.1, 0.15) is 0 Å². The third kappa shape index (κ3) is 5.93. The number of carbonyl (C=O) groups excluding carboxylic acids is 2. The Morgan fingerprint density at radius 3 is 2.36 bits per heavy atom. The molecule has 0 bridgehead atoms. The van der Waals surface area contributed by atoms with Crippen molar-refractivity contribution in [1.82, 2.24) is 15.5 Å². The normalized spacial score (nSPS) is 11.9. The summed E-state index contributed by atoms with van der Waals surface area (Å²) in [6.07, 6.45) is 0. The Labute approximate surface area is 212 Å². The molecule has 0 unspecified atom stereocenters. The van der Waals surface area contributed by atoms with Crippen LogP contribution in [0, 0.1) is 6.92 Å². The van der Waals surface area contributed by atoms with Crippen LogP contribution in [0.3, 0.4) is 0 Å². The molecular formula is C25H23N5O4S2. The summed E-state index contributed by atoms with van der Waals surface area (Å²) in [6.45, 7) is 3.70. The third-order valence-electron chi connectivity index (χ3n) is 5.20. The molecule has 0 saturated heterocycles. The van der Waals surface area contributed by atoms with Gasteiger partial charge in [0.05, 0.1) is 17.3 Å². The van der Waals surface area contributed by atoms with Crippen molar-refractivity contribution in [2.45, 2.75) is 24.2 Å². The molecule has 3 N–H and O–H groups in total. The summed E-state index contributed by atoms with van der Waals surface area (Å²) >= 11 is 0.703. The summed E-state index contributed by atoms with van der Waals surface area (Å²) in [7, 11) is -4.17. The standard InChI is InChI=1S/C25H23N5O4S2/c1-16-9-8-12-19(15-16)22(31)27-24-28-29-25(35-24)36(33,34)30-21-14-7-6-13-20(21)23(32)26-17(2)18-10-4-3-5-11-18/h3-15,17,30H,1-2H3,(H,26,32)(H,27,28,31)/t17-/m1/s1. The van der Waals surface area contributed by atoms with E-state index in [9.17, 15) is 18.0 Å². The smallest absolute Gasteiger partial charge is 0.291 e. The maximum atomic E-state index is 13.0. The SMILES string of the molecule is Cc1cccc(C(=O)Nc2nnc(S(=O)(=O)Nc3ccccc3C(=O)N[C@H](C)c3ccccc3)s2)c1. The molecule has 2 amide bonds. The molecule has 0 aliphatic rings. The van der Waals surface area contributed by atoms with Crippen LogP contribution >= 0.6 is 11.3 Å². The summed E-state index contributed by atoms with van der Waals surface area (Å²) in [5.41, 5.74) is 2.49. The van der Waals surface area contributed by atoms with E-state index in [1.54, 1.807) is 30.3 Å². The highest BCUT2D eigenvalue weighted by Gasteiger charge is 2.24. The Balaban J connectivity index is 1.48. The van der Waals surface area contributed by atoms with E-state index in [1.165, 1.54) is 12.1 Å². The number of nitrogens with one attached hydrogen (secondary N) is 3. The third-order valence-corrected chi connectivity index (χ3v) is 7.77. The van der Waals surface area contributed by atoms with Crippen molar-refractivity contribution in [2.24, 2.45) is 0 Å². The number of sulfonamides is 1. The van der Waals surface area contributed by atoms with Gasteiger partial charge in [-0.2, -0.15) is 8.42 Å². The molecule has 4 rings (SSSR count). The highest BCUT2D eigenvalue weighted by atomic mass is 32.2. The molecule has 0 spiro atoms. The van der Waals surface area contributed by atoms with Crippen LogP contribution in [0.15, 0.2) is 83.2 Å². The predicted molar refractivity (Wildman–Crippen MR) is 139 cm³/mol. The molecule has 0 radical (unpaired) electrons. The Morgan fingerprint density at radius 1 is 0.889 bits per heavy atom. The Morgan fingerprint density at radius 2 is 1.61 bits per heavy atom. The van der Waals surface area contributed by atoms with Crippen molar-refractivity contribution < 1.29 is 18.0 Å². The van der Waals surface area contributed by atoms with Crippen LogP contribution in [-0.2, 0) is 10.0 Å². The van der Waals surface area contributed by atoms with Gasteiger partial charge in [0.2, 0.25) is 5.13 Å². The van der Waals surface area contributed by atoms with Crippen molar-refractivity contribution in [1.29, 1.82) is 0 Å². The monoisotopic (exact) mass is 521 g/mol. The zero-order chi connectivity index (χ0) is 25.7. The fourth-order valence-electron chi connectivity index (χ4n) is 3.38. The van der Waals surface area contributed by atoms with Gasteiger partial charge in [0, 0.05) is 5.56 Å². The zero-order valence-electron chi connectivity index (χ0n) is 19.4. The number of aromatic nitrogens is 2. The van der Waals surface area contributed by atoms with E-state index in [-0.39, 0.29) is 26.8 Å². The molecule has 36 heavy (non-hydrogen) atoms. The second-order valence-electron chi connectivity index (χ2n) is 7.95. The van der Waals surface area contributed by atoms with Crippen molar-refractivity contribution >= 4 is 44.0 Å². The minimum absolute atomic E-state index is 0.0320. The van der Waals surface area contributed by atoms with E-state index in [4.69, 9.17) is 0 Å². The number of anilines is 2. The molecule has 1 atom stereocenters. The number of carbonyl (C=O) groups is 2. The lowest BCUT2D eigenvalue weighted by Gasteiger charge is -2.16. The van der Waals surface area contributed by atoms with Crippen LogP contribution < -0.4 is 15.4 Å². The van der Waals surface area contributed by atoms with E-state index in [2.05, 4.69) is 25.6 Å². The van der Waals surface area contributed by atoms with Gasteiger partial charge in [-0.1, -0.05) is 71.5 Å². The average Bonchev–Trinajstić information content (AvgIpc) is 3.34. The first-order valence-corrected chi connectivity index (χ1v) is 13.2. The van der Waals surface area contributed by atoms with E-state index >= 15 is 0 Å². The molecule has 4 aromatic rings. The number of benzene rings is 3. The van der Waals surface area contributed by atoms with Gasteiger partial charge in [-0.3, -0.25) is 19.6 Å². The van der Waals surface area contributed by atoms with Crippen molar-refractivity contribution in [2.75, 3.05) is 10.0 Å². The lowest BCUT2D eigenvalue weighted by molar-refractivity contribution is 0.0940. The van der Waals surface area contributed by atoms with Crippen LogP contribution in [0.1, 0.15) is 44.8 Å². The molecule has 0 aliphatic heterocycles. The van der Waals surface area contributed by atoms with Gasteiger partial charge in [-0.15, -0.1) is 10.2 Å². The number of hydrogen-bond acceptors (Lipinski definition) is 7. The number of aryl methyl sites for hydroxylation is 1. The number of hydrogen-bond donors (Lipinski definition) is 3. The topological polar surface area (TPSA) is 130 Å². The molecular weight excluding hydrogens is 498 g/mol. The maximum Gasteiger partial charge on any atom is 0.291 e. The Bertz CT molecular complexity index is 1500. The Kier molecular flexibility index (Phi) is 7.41. The first-order chi connectivity index (χ1) is 17.2. The van der Waals surface area contributed by atoms with Crippen LogP contribution in [0.2, 0.25) is 0 Å². The van der Waals surface area contributed by atoms with E-state index < -0.39 is 21.8 Å². The quantitative estimate of drug-likeness (QED) is 0.295. The molecule has 1 heterocycles. The first kappa shape index (κ1) is 25.0.